The van der Waals surface area contributed by atoms with Gasteiger partial charge in [-0.15, -0.1) is 0 Å². The predicted octanol–water partition coefficient (Wildman–Crippen LogP) is 2.47. The molecule has 0 spiro atoms. The zero-order valence-corrected chi connectivity index (χ0v) is 14.8. The summed E-state index contributed by atoms with van der Waals surface area (Å²) in [5.41, 5.74) is 0.538. The van der Waals surface area contributed by atoms with Gasteiger partial charge < -0.3 is 14.8 Å². The SMILES string of the molecule is CCCN(C[C@]1(C)CCCN1C(=O)CC#N)c1ncnc2[nH]ccc12. The lowest BCUT2D eigenvalue weighted by molar-refractivity contribution is -0.133. The van der Waals surface area contributed by atoms with Gasteiger partial charge in [0.15, 0.2) is 0 Å². The highest BCUT2D eigenvalue weighted by Gasteiger charge is 2.41. The number of rotatable bonds is 6. The third kappa shape index (κ3) is 3.29. The van der Waals surface area contributed by atoms with Gasteiger partial charge in [0.2, 0.25) is 5.91 Å². The molecule has 3 heterocycles. The number of hydrogen-bond acceptors (Lipinski definition) is 5. The second-order valence-corrected chi connectivity index (χ2v) is 6.84. The quantitative estimate of drug-likeness (QED) is 0.872. The lowest BCUT2D eigenvalue weighted by Gasteiger charge is -2.39. The summed E-state index contributed by atoms with van der Waals surface area (Å²) in [6, 6.07) is 3.97. The molecule has 0 aliphatic carbocycles. The summed E-state index contributed by atoms with van der Waals surface area (Å²) in [5.74, 6) is 0.822. The highest BCUT2D eigenvalue weighted by molar-refractivity contribution is 5.87. The number of likely N-dealkylation sites (tertiary alicyclic amines) is 1. The largest absolute Gasteiger partial charge is 0.354 e. The molecule has 2 aromatic rings. The topological polar surface area (TPSA) is 88.9 Å². The molecule has 0 saturated carbocycles. The number of amides is 1. The Kier molecular flexibility index (Phi) is 4.88. The zero-order chi connectivity index (χ0) is 17.9. The maximum Gasteiger partial charge on any atom is 0.237 e. The molecule has 25 heavy (non-hydrogen) atoms. The summed E-state index contributed by atoms with van der Waals surface area (Å²) >= 11 is 0. The van der Waals surface area contributed by atoms with Crippen molar-refractivity contribution in [3.63, 3.8) is 0 Å². The van der Waals surface area contributed by atoms with Crippen molar-refractivity contribution in [2.75, 3.05) is 24.5 Å². The van der Waals surface area contributed by atoms with E-state index in [1.54, 1.807) is 6.33 Å². The van der Waals surface area contributed by atoms with Crippen molar-refractivity contribution in [2.45, 2.75) is 45.1 Å². The van der Waals surface area contributed by atoms with Crippen LogP contribution in [0.1, 0.15) is 39.5 Å². The molecule has 0 radical (unpaired) electrons. The molecule has 7 nitrogen and oxygen atoms in total. The van der Waals surface area contributed by atoms with Crippen molar-refractivity contribution in [2.24, 2.45) is 0 Å². The van der Waals surface area contributed by atoms with Crippen molar-refractivity contribution in [3.8, 4) is 6.07 Å². The van der Waals surface area contributed by atoms with Crippen molar-refractivity contribution < 1.29 is 4.79 Å². The molecule has 0 aromatic carbocycles. The Labute approximate surface area is 147 Å². The number of hydrogen-bond donors (Lipinski definition) is 1. The fourth-order valence-corrected chi connectivity index (χ4v) is 3.83. The fraction of sp³-hybridized carbons (Fsp3) is 0.556. The Balaban J connectivity index is 1.90. The monoisotopic (exact) mass is 340 g/mol. The Hall–Kier alpha value is -2.62. The molecule has 2 aromatic heterocycles. The van der Waals surface area contributed by atoms with Crippen molar-refractivity contribution in [3.05, 3.63) is 18.6 Å². The van der Waals surface area contributed by atoms with E-state index < -0.39 is 0 Å². The number of carbonyl (C=O) groups is 1. The molecule has 0 unspecified atom stereocenters. The first-order valence-corrected chi connectivity index (χ1v) is 8.79. The minimum atomic E-state index is -0.281. The number of nitrogens with one attached hydrogen (secondary N) is 1. The maximum absolute atomic E-state index is 12.4. The average molecular weight is 340 g/mol. The summed E-state index contributed by atoms with van der Waals surface area (Å²) in [5, 5.41) is 9.87. The van der Waals surface area contributed by atoms with Gasteiger partial charge in [-0.3, -0.25) is 4.79 Å². The van der Waals surface area contributed by atoms with Crippen LogP contribution in [0.3, 0.4) is 0 Å². The van der Waals surface area contributed by atoms with Crippen molar-refractivity contribution in [1.82, 2.24) is 19.9 Å². The van der Waals surface area contributed by atoms with E-state index in [4.69, 9.17) is 5.26 Å². The maximum atomic E-state index is 12.4. The molecule has 1 amide bonds. The van der Waals surface area contributed by atoms with E-state index in [0.29, 0.717) is 6.54 Å². The number of aromatic amines is 1. The Morgan fingerprint density at radius 1 is 1.52 bits per heavy atom. The third-order valence-corrected chi connectivity index (χ3v) is 4.94. The van der Waals surface area contributed by atoms with Gasteiger partial charge in [-0.2, -0.15) is 5.26 Å². The summed E-state index contributed by atoms with van der Waals surface area (Å²) in [6.07, 6.45) is 6.28. The number of H-pyrrole nitrogens is 1. The molecule has 1 N–H and O–H groups in total. The smallest absolute Gasteiger partial charge is 0.237 e. The van der Waals surface area contributed by atoms with Crippen molar-refractivity contribution >= 4 is 22.8 Å². The van der Waals surface area contributed by atoms with Crippen LogP contribution in [-0.4, -0.2) is 50.9 Å². The van der Waals surface area contributed by atoms with Crippen LogP contribution in [-0.2, 0) is 4.79 Å². The molecule has 1 aliphatic rings. The number of fused-ring (bicyclic) bond motifs is 1. The summed E-state index contributed by atoms with van der Waals surface area (Å²) in [4.78, 5) is 28.4. The van der Waals surface area contributed by atoms with E-state index in [-0.39, 0.29) is 17.9 Å². The molecule has 7 heteroatoms. The number of nitrogens with zero attached hydrogens (tertiary/aromatic N) is 5. The number of nitriles is 1. The van der Waals surface area contributed by atoms with Crippen LogP contribution < -0.4 is 4.90 Å². The highest BCUT2D eigenvalue weighted by atomic mass is 16.2. The molecular formula is C18H24N6O. The number of aromatic nitrogens is 3. The highest BCUT2D eigenvalue weighted by Crippen LogP contribution is 2.33. The summed E-state index contributed by atoms with van der Waals surface area (Å²) in [6.45, 7) is 6.54. The standard InChI is InChI=1S/C18H24N6O/c1-3-10-23(17-14-6-9-20-16(14)21-13-22-17)12-18(2)7-4-11-24(18)15(25)5-8-19/h6,9,13H,3-5,7,10-12H2,1-2H3,(H,20,21,22)/t18-/m0/s1. The van der Waals surface area contributed by atoms with Crippen LogP contribution in [0.25, 0.3) is 11.0 Å². The van der Waals surface area contributed by atoms with Crippen LogP contribution in [0, 0.1) is 11.3 Å². The Morgan fingerprint density at radius 3 is 3.12 bits per heavy atom. The Bertz CT molecular complexity index is 794. The molecule has 1 aliphatic heterocycles. The van der Waals surface area contributed by atoms with Crippen LogP contribution in [0.2, 0.25) is 0 Å². The van der Waals surface area contributed by atoms with Gasteiger partial charge in [0.05, 0.1) is 17.0 Å². The van der Waals surface area contributed by atoms with Gasteiger partial charge in [0.1, 0.15) is 24.2 Å². The van der Waals surface area contributed by atoms with Gasteiger partial charge in [-0.25, -0.2) is 9.97 Å². The van der Waals surface area contributed by atoms with Crippen molar-refractivity contribution in [1.29, 1.82) is 5.26 Å². The first-order chi connectivity index (χ1) is 12.1. The lowest BCUT2D eigenvalue weighted by Crippen LogP contribution is -2.52. The van der Waals surface area contributed by atoms with Gasteiger partial charge >= 0.3 is 0 Å². The average Bonchev–Trinajstić information content (AvgIpc) is 3.21. The van der Waals surface area contributed by atoms with E-state index in [9.17, 15) is 4.79 Å². The first kappa shape index (κ1) is 17.2. The van der Waals surface area contributed by atoms with Crippen LogP contribution in [0.5, 0.6) is 0 Å². The normalized spacial score (nSPS) is 20.0. The first-order valence-electron chi connectivity index (χ1n) is 8.79. The van der Waals surface area contributed by atoms with Gasteiger partial charge in [-0.1, -0.05) is 6.92 Å². The molecule has 1 atom stereocenters. The van der Waals surface area contributed by atoms with Gasteiger partial charge in [0, 0.05) is 25.8 Å². The van der Waals surface area contributed by atoms with Gasteiger partial charge in [0.25, 0.3) is 0 Å². The second kappa shape index (κ2) is 7.09. The van der Waals surface area contributed by atoms with Crippen LogP contribution in [0.4, 0.5) is 5.82 Å². The van der Waals surface area contributed by atoms with Crippen LogP contribution in [0.15, 0.2) is 18.6 Å². The predicted molar refractivity (Wildman–Crippen MR) is 96.0 cm³/mol. The van der Waals surface area contributed by atoms with E-state index in [1.165, 1.54) is 0 Å². The molecule has 0 bridgehead atoms. The van der Waals surface area contributed by atoms with Crippen LogP contribution >= 0.6 is 0 Å². The molecule has 132 valence electrons. The second-order valence-electron chi connectivity index (χ2n) is 6.84. The lowest BCUT2D eigenvalue weighted by atomic mass is 9.97. The fourth-order valence-electron chi connectivity index (χ4n) is 3.83. The molecule has 3 rings (SSSR count). The Morgan fingerprint density at radius 2 is 2.36 bits per heavy atom. The zero-order valence-electron chi connectivity index (χ0n) is 14.8. The number of anilines is 1. The minimum Gasteiger partial charge on any atom is -0.354 e. The molecule has 1 saturated heterocycles. The van der Waals surface area contributed by atoms with E-state index in [2.05, 4.69) is 33.7 Å². The number of carbonyl (C=O) groups excluding carboxylic acids is 1. The summed E-state index contributed by atoms with van der Waals surface area (Å²) < 4.78 is 0. The van der Waals surface area contributed by atoms with E-state index in [1.807, 2.05) is 23.2 Å². The molecule has 1 fully saturated rings. The van der Waals surface area contributed by atoms with Gasteiger partial charge in [-0.05, 0) is 32.3 Å². The van der Waals surface area contributed by atoms with E-state index in [0.717, 1.165) is 49.2 Å². The van der Waals surface area contributed by atoms with E-state index >= 15 is 0 Å². The summed E-state index contributed by atoms with van der Waals surface area (Å²) in [7, 11) is 0. The molecular weight excluding hydrogens is 316 g/mol. The minimum absolute atomic E-state index is 0.0566. The third-order valence-electron chi connectivity index (χ3n) is 4.94.